The number of aliphatic imine (C=N–C) groups is 2. The number of amides is 2. The molecule has 2 aromatic carbocycles. The van der Waals surface area contributed by atoms with Gasteiger partial charge in [-0.1, -0.05) is 24.3 Å². The molecule has 0 aromatic heterocycles. The van der Waals surface area contributed by atoms with Gasteiger partial charge in [0.05, 0.1) is 24.9 Å². The maximum Gasteiger partial charge on any atom is 0.408 e. The Hall–Kier alpha value is -3.66. The molecule has 10 heteroatoms. The zero-order chi connectivity index (χ0) is 25.9. The van der Waals surface area contributed by atoms with Crippen molar-refractivity contribution in [3.63, 3.8) is 0 Å². The first-order chi connectivity index (χ1) is 17.1. The Labute approximate surface area is 214 Å². The lowest BCUT2D eigenvalue weighted by Crippen LogP contribution is -2.50. The molecule has 0 saturated heterocycles. The molecule has 1 unspecified atom stereocenters. The molecule has 2 aliphatic heterocycles. The molecule has 2 amide bonds. The van der Waals surface area contributed by atoms with Crippen LogP contribution in [0.1, 0.15) is 48.3 Å². The lowest BCUT2D eigenvalue weighted by Gasteiger charge is -2.27. The first kappa shape index (κ1) is 25.4. The molecule has 2 aromatic rings. The first-order valence-corrected chi connectivity index (χ1v) is 12.4. The average molecular weight is 509 g/mol. The molecule has 2 heterocycles. The van der Waals surface area contributed by atoms with Crippen LogP contribution >= 0.6 is 11.8 Å². The summed E-state index contributed by atoms with van der Waals surface area (Å²) in [7, 11) is 1.31. The van der Waals surface area contributed by atoms with Crippen molar-refractivity contribution in [1.29, 1.82) is 0 Å². The van der Waals surface area contributed by atoms with Crippen molar-refractivity contribution in [1.82, 2.24) is 5.32 Å². The van der Waals surface area contributed by atoms with Crippen LogP contribution in [0.3, 0.4) is 0 Å². The van der Waals surface area contributed by atoms with Gasteiger partial charge < -0.3 is 19.7 Å². The van der Waals surface area contributed by atoms with Crippen molar-refractivity contribution < 1.29 is 23.9 Å². The smallest absolute Gasteiger partial charge is 0.408 e. The standard InChI is InChI=1S/C26H28N4O5S/c1-26(2,3)35-25(33)29-20-14-36-22-10-9-18(24(32)34-4)11-21(22)30(23(20)31)13-16-5-7-17(8-6-16)19-12-27-15-28-19/h5-12,15,19-20H,13-14H2,1-4H3,(H,29,33)/t19?,20-/m0/s1. The number of hydrogen-bond donors (Lipinski definition) is 1. The molecule has 0 radical (unpaired) electrons. The Kier molecular flexibility index (Phi) is 7.44. The average Bonchev–Trinajstić information content (AvgIpc) is 3.35. The van der Waals surface area contributed by atoms with E-state index in [1.54, 1.807) is 50.1 Å². The summed E-state index contributed by atoms with van der Waals surface area (Å²) in [5, 5.41) is 2.72. The van der Waals surface area contributed by atoms with E-state index in [-0.39, 0.29) is 18.5 Å². The van der Waals surface area contributed by atoms with Crippen molar-refractivity contribution >= 4 is 48.0 Å². The van der Waals surface area contributed by atoms with E-state index in [9.17, 15) is 14.4 Å². The molecule has 0 aliphatic carbocycles. The summed E-state index contributed by atoms with van der Waals surface area (Å²) in [4.78, 5) is 49.1. The molecule has 2 aliphatic rings. The van der Waals surface area contributed by atoms with E-state index in [1.807, 2.05) is 24.3 Å². The van der Waals surface area contributed by atoms with Gasteiger partial charge in [-0.05, 0) is 50.1 Å². The quantitative estimate of drug-likeness (QED) is 0.608. The maximum absolute atomic E-state index is 13.7. The summed E-state index contributed by atoms with van der Waals surface area (Å²) < 4.78 is 10.3. The van der Waals surface area contributed by atoms with Gasteiger partial charge in [0.15, 0.2) is 0 Å². The molecule has 9 nitrogen and oxygen atoms in total. The molecular formula is C26H28N4O5S. The van der Waals surface area contributed by atoms with Crippen LogP contribution in [0.15, 0.2) is 57.3 Å². The molecule has 4 rings (SSSR count). The Morgan fingerprint density at radius 1 is 1.17 bits per heavy atom. The summed E-state index contributed by atoms with van der Waals surface area (Å²) in [6.07, 6.45) is 2.63. The number of fused-ring (bicyclic) bond motifs is 1. The van der Waals surface area contributed by atoms with E-state index < -0.39 is 23.7 Å². The Bertz CT molecular complexity index is 1210. The van der Waals surface area contributed by atoms with Crippen LogP contribution in [0, 0.1) is 0 Å². The second-order valence-corrected chi connectivity index (χ2v) is 10.4. The zero-order valence-corrected chi connectivity index (χ0v) is 21.4. The fourth-order valence-corrected chi connectivity index (χ4v) is 4.86. The topological polar surface area (TPSA) is 110 Å². The minimum Gasteiger partial charge on any atom is -0.465 e. The van der Waals surface area contributed by atoms with Crippen LogP contribution in [0.2, 0.25) is 0 Å². The third-order valence-corrected chi connectivity index (χ3v) is 6.67. The fourth-order valence-electron chi connectivity index (χ4n) is 3.81. The van der Waals surface area contributed by atoms with Gasteiger partial charge in [0.25, 0.3) is 5.91 Å². The van der Waals surface area contributed by atoms with E-state index in [2.05, 4.69) is 15.3 Å². The van der Waals surface area contributed by atoms with E-state index in [0.29, 0.717) is 17.0 Å². The van der Waals surface area contributed by atoms with Crippen molar-refractivity contribution in [3.05, 3.63) is 59.2 Å². The van der Waals surface area contributed by atoms with E-state index >= 15 is 0 Å². The maximum atomic E-state index is 13.7. The van der Waals surface area contributed by atoms with Crippen LogP contribution in [-0.4, -0.2) is 55.0 Å². The van der Waals surface area contributed by atoms with Crippen LogP contribution in [0.25, 0.3) is 0 Å². The number of hydrogen-bond acceptors (Lipinski definition) is 8. The number of nitrogens with one attached hydrogen (secondary N) is 1. The Balaban J connectivity index is 1.64. The van der Waals surface area contributed by atoms with Gasteiger partial charge in [-0.3, -0.25) is 9.79 Å². The number of carbonyl (C=O) groups excluding carboxylic acids is 3. The predicted molar refractivity (Wildman–Crippen MR) is 139 cm³/mol. The van der Waals surface area contributed by atoms with Gasteiger partial charge in [-0.2, -0.15) is 0 Å². The SMILES string of the molecule is COC(=O)c1ccc2c(c1)N(Cc1ccc(C3C=NC=N3)cc1)C(=O)[C@@H](NC(=O)OC(C)(C)C)CS2. The Morgan fingerprint density at radius 3 is 2.56 bits per heavy atom. The van der Waals surface area contributed by atoms with Gasteiger partial charge in [-0.25, -0.2) is 14.6 Å². The number of carbonyl (C=O) groups is 3. The molecule has 0 bridgehead atoms. The summed E-state index contributed by atoms with van der Waals surface area (Å²) in [6.45, 7) is 5.53. The van der Waals surface area contributed by atoms with Gasteiger partial charge in [0, 0.05) is 16.9 Å². The third-order valence-electron chi connectivity index (χ3n) is 5.51. The number of methoxy groups -OCH3 is 1. The number of nitrogens with zero attached hydrogens (tertiary/aromatic N) is 3. The normalized spacial score (nSPS) is 19.0. The number of alkyl carbamates (subject to hydrolysis) is 1. The minimum absolute atomic E-state index is 0.110. The highest BCUT2D eigenvalue weighted by molar-refractivity contribution is 7.99. The Morgan fingerprint density at radius 2 is 1.92 bits per heavy atom. The summed E-state index contributed by atoms with van der Waals surface area (Å²) in [6, 6.07) is 12.0. The number of ether oxygens (including phenoxy) is 2. The number of rotatable bonds is 5. The van der Waals surface area contributed by atoms with E-state index in [0.717, 1.165) is 16.0 Å². The second-order valence-electron chi connectivity index (χ2n) is 9.36. The predicted octanol–water partition coefficient (Wildman–Crippen LogP) is 4.16. The minimum atomic E-state index is -0.817. The van der Waals surface area contributed by atoms with Gasteiger partial charge in [0.2, 0.25) is 0 Å². The van der Waals surface area contributed by atoms with E-state index in [4.69, 9.17) is 9.47 Å². The van der Waals surface area contributed by atoms with Crippen LogP contribution in [0.5, 0.6) is 0 Å². The molecule has 2 atom stereocenters. The lowest BCUT2D eigenvalue weighted by molar-refractivity contribution is -0.120. The highest BCUT2D eigenvalue weighted by atomic mass is 32.2. The highest BCUT2D eigenvalue weighted by Crippen LogP contribution is 2.36. The van der Waals surface area contributed by atoms with Crippen molar-refractivity contribution in [2.24, 2.45) is 9.98 Å². The van der Waals surface area contributed by atoms with Gasteiger partial charge in [-0.15, -0.1) is 11.8 Å². The van der Waals surface area contributed by atoms with Crippen molar-refractivity contribution in [3.8, 4) is 0 Å². The second kappa shape index (κ2) is 10.5. The van der Waals surface area contributed by atoms with Crippen molar-refractivity contribution in [2.45, 2.75) is 49.9 Å². The zero-order valence-electron chi connectivity index (χ0n) is 20.6. The van der Waals surface area contributed by atoms with Crippen LogP contribution < -0.4 is 10.2 Å². The number of thioether (sulfide) groups is 1. The summed E-state index contributed by atoms with van der Waals surface area (Å²) in [5.74, 6) is -0.478. The third kappa shape index (κ3) is 5.93. The molecule has 36 heavy (non-hydrogen) atoms. The molecule has 1 N–H and O–H groups in total. The largest absolute Gasteiger partial charge is 0.465 e. The summed E-state index contributed by atoms with van der Waals surface area (Å²) >= 11 is 1.43. The number of benzene rings is 2. The number of esters is 1. The first-order valence-electron chi connectivity index (χ1n) is 11.4. The van der Waals surface area contributed by atoms with Crippen molar-refractivity contribution in [2.75, 3.05) is 17.8 Å². The van der Waals surface area contributed by atoms with Gasteiger partial charge in [0.1, 0.15) is 24.0 Å². The molecule has 0 saturated carbocycles. The monoisotopic (exact) mass is 508 g/mol. The van der Waals surface area contributed by atoms with E-state index in [1.165, 1.54) is 25.2 Å². The number of anilines is 1. The highest BCUT2D eigenvalue weighted by Gasteiger charge is 2.33. The molecule has 0 fully saturated rings. The fraction of sp³-hybridized carbons (Fsp3) is 0.346. The van der Waals surface area contributed by atoms with Crippen LogP contribution in [-0.2, 0) is 20.8 Å². The molecule has 188 valence electrons. The molecular weight excluding hydrogens is 480 g/mol. The summed E-state index contributed by atoms with van der Waals surface area (Å²) in [5.41, 5.74) is 2.09. The molecule has 0 spiro atoms. The van der Waals surface area contributed by atoms with Crippen LogP contribution in [0.4, 0.5) is 10.5 Å². The lowest BCUT2D eigenvalue weighted by atomic mass is 10.1. The van der Waals surface area contributed by atoms with Gasteiger partial charge >= 0.3 is 12.1 Å².